The number of amides is 2. The van der Waals surface area contributed by atoms with E-state index in [2.05, 4.69) is 5.32 Å². The first-order chi connectivity index (χ1) is 11.8. The number of anilines is 1. The summed E-state index contributed by atoms with van der Waals surface area (Å²) >= 11 is 0. The fourth-order valence-electron chi connectivity index (χ4n) is 2.52. The van der Waals surface area contributed by atoms with Gasteiger partial charge in [0.1, 0.15) is 0 Å². The van der Waals surface area contributed by atoms with Gasteiger partial charge >= 0.3 is 5.97 Å². The van der Waals surface area contributed by atoms with Gasteiger partial charge in [0.2, 0.25) is 5.91 Å². The molecule has 0 saturated carbocycles. The van der Waals surface area contributed by atoms with Crippen LogP contribution >= 0.6 is 0 Å². The van der Waals surface area contributed by atoms with Crippen molar-refractivity contribution >= 4 is 23.5 Å². The van der Waals surface area contributed by atoms with Gasteiger partial charge in [-0.15, -0.1) is 0 Å². The van der Waals surface area contributed by atoms with E-state index in [1.807, 2.05) is 6.92 Å². The highest BCUT2D eigenvalue weighted by molar-refractivity contribution is 5.97. The molecule has 0 spiro atoms. The number of aliphatic hydroxyl groups excluding tert-OH is 1. The van der Waals surface area contributed by atoms with Crippen LogP contribution in [0, 0.1) is 5.92 Å². The van der Waals surface area contributed by atoms with Crippen LogP contribution in [0.3, 0.4) is 0 Å². The second kappa shape index (κ2) is 9.78. The lowest BCUT2D eigenvalue weighted by atomic mass is 10.1. The number of nitrogens with zero attached hydrogens (tertiary/aromatic N) is 1. The van der Waals surface area contributed by atoms with Gasteiger partial charge in [0.15, 0.2) is 0 Å². The Morgan fingerprint density at radius 1 is 1.32 bits per heavy atom. The molecule has 138 valence electrons. The van der Waals surface area contributed by atoms with Crippen molar-refractivity contribution in [3.63, 3.8) is 0 Å². The van der Waals surface area contributed by atoms with Gasteiger partial charge in [-0.25, -0.2) is 0 Å². The molecule has 0 heterocycles. The van der Waals surface area contributed by atoms with Gasteiger partial charge < -0.3 is 20.1 Å². The molecule has 7 heteroatoms. The van der Waals surface area contributed by atoms with E-state index >= 15 is 0 Å². The van der Waals surface area contributed by atoms with Crippen LogP contribution in [0.2, 0.25) is 0 Å². The second-order valence-electron chi connectivity index (χ2n) is 5.89. The van der Waals surface area contributed by atoms with Crippen LogP contribution in [0.1, 0.15) is 37.6 Å². The van der Waals surface area contributed by atoms with Crippen LogP contribution < -0.4 is 5.32 Å². The van der Waals surface area contributed by atoms with Gasteiger partial charge in [-0.05, 0) is 24.6 Å². The third-order valence-corrected chi connectivity index (χ3v) is 3.89. The summed E-state index contributed by atoms with van der Waals surface area (Å²) in [4.78, 5) is 37.3. The molecule has 1 aromatic carbocycles. The van der Waals surface area contributed by atoms with Crippen molar-refractivity contribution in [3.05, 3.63) is 29.8 Å². The molecular formula is C18H26N2O5. The maximum atomic E-state index is 12.9. The first kappa shape index (κ1) is 20.6. The van der Waals surface area contributed by atoms with Gasteiger partial charge in [0.05, 0.1) is 25.7 Å². The summed E-state index contributed by atoms with van der Waals surface area (Å²) in [6.45, 7) is 4.84. The van der Waals surface area contributed by atoms with E-state index in [0.717, 1.165) is 0 Å². The van der Waals surface area contributed by atoms with Gasteiger partial charge in [0, 0.05) is 24.7 Å². The number of rotatable bonds is 8. The summed E-state index contributed by atoms with van der Waals surface area (Å²) < 4.78 is 4.72. The molecule has 0 bridgehead atoms. The number of carbonyl (C=O) groups is 3. The molecule has 2 atom stereocenters. The average molecular weight is 350 g/mol. The number of aliphatic hydroxyl groups is 1. The fraction of sp³-hybridized carbons (Fsp3) is 0.500. The van der Waals surface area contributed by atoms with E-state index in [1.165, 1.54) is 18.9 Å². The molecule has 25 heavy (non-hydrogen) atoms. The van der Waals surface area contributed by atoms with Crippen LogP contribution in [-0.2, 0) is 14.3 Å². The Hall–Kier alpha value is -2.41. The quantitative estimate of drug-likeness (QED) is 0.695. The molecule has 0 aliphatic carbocycles. The zero-order chi connectivity index (χ0) is 19.0. The largest absolute Gasteiger partial charge is 0.469 e. The molecule has 2 unspecified atom stereocenters. The summed E-state index contributed by atoms with van der Waals surface area (Å²) in [5.74, 6) is -1.49. The summed E-state index contributed by atoms with van der Waals surface area (Å²) in [6, 6.07) is 6.14. The van der Waals surface area contributed by atoms with Crippen LogP contribution in [0.5, 0.6) is 0 Å². The number of carbonyl (C=O) groups excluding carboxylic acids is 3. The second-order valence-corrected chi connectivity index (χ2v) is 5.89. The molecule has 2 N–H and O–H groups in total. The molecule has 0 radical (unpaired) electrons. The van der Waals surface area contributed by atoms with E-state index < -0.39 is 17.9 Å². The Bertz CT molecular complexity index is 613. The van der Waals surface area contributed by atoms with Gasteiger partial charge in [-0.1, -0.05) is 19.9 Å². The van der Waals surface area contributed by atoms with E-state index in [4.69, 9.17) is 4.74 Å². The first-order valence-corrected chi connectivity index (χ1v) is 8.21. The van der Waals surface area contributed by atoms with Crippen molar-refractivity contribution in [2.45, 2.75) is 33.2 Å². The molecule has 7 nitrogen and oxygen atoms in total. The van der Waals surface area contributed by atoms with Gasteiger partial charge in [-0.3, -0.25) is 14.4 Å². The Balaban J connectivity index is 3.10. The maximum Gasteiger partial charge on any atom is 0.310 e. The lowest BCUT2D eigenvalue weighted by molar-refractivity contribution is -0.145. The Labute approximate surface area is 148 Å². The summed E-state index contributed by atoms with van der Waals surface area (Å²) in [6.07, 6.45) is 0.543. The third kappa shape index (κ3) is 5.86. The lowest BCUT2D eigenvalue weighted by Gasteiger charge is -2.31. The van der Waals surface area contributed by atoms with E-state index in [-0.39, 0.29) is 25.0 Å². The summed E-state index contributed by atoms with van der Waals surface area (Å²) in [5, 5.41) is 12.2. The predicted molar refractivity (Wildman–Crippen MR) is 94.1 cm³/mol. The molecular weight excluding hydrogens is 324 g/mol. The number of benzene rings is 1. The number of nitrogens with one attached hydrogen (secondary N) is 1. The molecule has 1 rings (SSSR count). The van der Waals surface area contributed by atoms with E-state index in [0.29, 0.717) is 17.7 Å². The topological polar surface area (TPSA) is 95.9 Å². The Kier molecular flexibility index (Phi) is 8.07. The van der Waals surface area contributed by atoms with Crippen LogP contribution in [0.4, 0.5) is 5.69 Å². The Morgan fingerprint density at radius 3 is 2.52 bits per heavy atom. The highest BCUT2D eigenvalue weighted by Gasteiger charge is 2.27. The Morgan fingerprint density at radius 2 is 2.00 bits per heavy atom. The third-order valence-electron chi connectivity index (χ3n) is 3.89. The normalized spacial score (nSPS) is 12.8. The van der Waals surface area contributed by atoms with Crippen molar-refractivity contribution in [2.24, 2.45) is 5.92 Å². The lowest BCUT2D eigenvalue weighted by Crippen LogP contribution is -2.45. The van der Waals surface area contributed by atoms with Crippen molar-refractivity contribution in [3.8, 4) is 0 Å². The minimum absolute atomic E-state index is 0.134. The van der Waals surface area contributed by atoms with Crippen molar-refractivity contribution in [1.29, 1.82) is 0 Å². The van der Waals surface area contributed by atoms with E-state index in [9.17, 15) is 19.5 Å². The van der Waals surface area contributed by atoms with Crippen LogP contribution in [0.25, 0.3) is 0 Å². The SMILES string of the molecule is CCC(CO)N(CC(C)C(=O)OC)C(=O)c1cccc(NC(C)=O)c1. The fourth-order valence-corrected chi connectivity index (χ4v) is 2.52. The monoisotopic (exact) mass is 350 g/mol. The standard InChI is InChI=1S/C18H26N2O5/c1-5-16(11-21)20(10-12(2)18(24)25-4)17(23)14-7-6-8-15(9-14)19-13(3)22/h6-9,12,16,21H,5,10-11H2,1-4H3,(H,19,22). The molecule has 0 aliphatic heterocycles. The number of hydrogen-bond acceptors (Lipinski definition) is 5. The van der Waals surface area contributed by atoms with Crippen LogP contribution in [0.15, 0.2) is 24.3 Å². The van der Waals surface area contributed by atoms with Gasteiger partial charge in [-0.2, -0.15) is 0 Å². The van der Waals surface area contributed by atoms with Crippen molar-refractivity contribution in [1.82, 2.24) is 4.90 Å². The van der Waals surface area contributed by atoms with E-state index in [1.54, 1.807) is 31.2 Å². The molecule has 0 aliphatic rings. The number of ether oxygens (including phenoxy) is 1. The minimum Gasteiger partial charge on any atom is -0.469 e. The summed E-state index contributed by atoms with van der Waals surface area (Å²) in [7, 11) is 1.30. The zero-order valence-electron chi connectivity index (χ0n) is 15.1. The number of methoxy groups -OCH3 is 1. The molecule has 0 saturated heterocycles. The van der Waals surface area contributed by atoms with Crippen molar-refractivity contribution in [2.75, 3.05) is 25.6 Å². The van der Waals surface area contributed by atoms with Crippen molar-refractivity contribution < 1.29 is 24.2 Å². The average Bonchev–Trinajstić information content (AvgIpc) is 2.59. The molecule has 0 aromatic heterocycles. The smallest absolute Gasteiger partial charge is 0.310 e. The minimum atomic E-state index is -0.520. The van der Waals surface area contributed by atoms with Crippen LogP contribution in [-0.4, -0.2) is 54.1 Å². The molecule has 2 amide bonds. The molecule has 0 fully saturated rings. The zero-order valence-corrected chi connectivity index (χ0v) is 15.1. The number of hydrogen-bond donors (Lipinski definition) is 2. The summed E-state index contributed by atoms with van der Waals surface area (Å²) in [5.41, 5.74) is 0.881. The maximum absolute atomic E-state index is 12.9. The highest BCUT2D eigenvalue weighted by Crippen LogP contribution is 2.17. The number of esters is 1. The predicted octanol–water partition coefficient (Wildman–Crippen LogP) is 1.67. The molecule has 1 aromatic rings. The highest BCUT2D eigenvalue weighted by atomic mass is 16.5. The first-order valence-electron chi connectivity index (χ1n) is 8.21. The van der Waals surface area contributed by atoms with Gasteiger partial charge in [0.25, 0.3) is 5.91 Å².